The van der Waals surface area contributed by atoms with Gasteiger partial charge in [-0.3, -0.25) is 18.8 Å². The van der Waals surface area contributed by atoms with Crippen molar-refractivity contribution in [3.63, 3.8) is 0 Å². The molecular weight excluding hydrogens is 558 g/mol. The van der Waals surface area contributed by atoms with E-state index in [1.165, 1.54) is 24.4 Å². The summed E-state index contributed by atoms with van der Waals surface area (Å²) in [5.74, 6) is 1.29. The molecule has 6 rings (SSSR count). The second kappa shape index (κ2) is 12.0. The van der Waals surface area contributed by atoms with Gasteiger partial charge in [0, 0.05) is 42.6 Å². The van der Waals surface area contributed by atoms with Gasteiger partial charge in [-0.2, -0.15) is 9.47 Å². The van der Waals surface area contributed by atoms with Crippen molar-refractivity contribution in [2.24, 2.45) is 5.92 Å². The van der Waals surface area contributed by atoms with Crippen molar-refractivity contribution in [3.05, 3.63) is 77.1 Å². The zero-order valence-corrected chi connectivity index (χ0v) is 24.6. The molecule has 10 nitrogen and oxygen atoms in total. The summed E-state index contributed by atoms with van der Waals surface area (Å²) in [4.78, 5) is 24.4. The first-order valence-electron chi connectivity index (χ1n) is 13.7. The Morgan fingerprint density at radius 2 is 2.05 bits per heavy atom. The smallest absolute Gasteiger partial charge is 0.241 e. The van der Waals surface area contributed by atoms with Crippen LogP contribution in [0.4, 0.5) is 10.8 Å². The van der Waals surface area contributed by atoms with E-state index in [1.807, 2.05) is 48.0 Å². The summed E-state index contributed by atoms with van der Waals surface area (Å²) in [6.07, 6.45) is 9.91. The molecule has 12 heteroatoms. The summed E-state index contributed by atoms with van der Waals surface area (Å²) in [6.45, 7) is 7.95. The highest BCUT2D eigenvalue weighted by Gasteiger charge is 2.18. The highest BCUT2D eigenvalue weighted by Crippen LogP contribution is 2.28. The fourth-order valence-electron chi connectivity index (χ4n) is 5.22. The van der Waals surface area contributed by atoms with Gasteiger partial charge in [0.05, 0.1) is 29.5 Å². The number of hydrogen-bond acceptors (Lipinski definition) is 8. The van der Waals surface area contributed by atoms with Crippen LogP contribution < -0.4 is 10.6 Å². The maximum absolute atomic E-state index is 12.5. The molecule has 2 N–H and O–H groups in total. The highest BCUT2D eigenvalue weighted by molar-refractivity contribution is 7.10. The number of rotatable bonds is 9. The van der Waals surface area contributed by atoms with Crippen LogP contribution in [0.15, 0.2) is 55.1 Å². The lowest BCUT2D eigenvalue weighted by Gasteiger charge is -2.30. The van der Waals surface area contributed by atoms with Gasteiger partial charge in [-0.25, -0.2) is 9.97 Å². The lowest BCUT2D eigenvalue weighted by atomic mass is 10.0. The van der Waals surface area contributed by atoms with E-state index in [2.05, 4.69) is 43.0 Å². The molecule has 5 aromatic rings. The molecule has 1 unspecified atom stereocenters. The molecule has 1 saturated heterocycles. The fraction of sp³-hybridized carbons (Fsp3) is 0.345. The van der Waals surface area contributed by atoms with Gasteiger partial charge < -0.3 is 10.6 Å². The van der Waals surface area contributed by atoms with Gasteiger partial charge in [0.25, 0.3) is 0 Å². The lowest BCUT2D eigenvalue weighted by molar-refractivity contribution is -0.122. The van der Waals surface area contributed by atoms with Crippen molar-refractivity contribution in [1.29, 1.82) is 0 Å². The van der Waals surface area contributed by atoms with Crippen molar-refractivity contribution in [1.82, 2.24) is 38.7 Å². The van der Waals surface area contributed by atoms with Crippen LogP contribution in [0.5, 0.6) is 0 Å². The number of piperidine rings is 1. The second-order valence-electron chi connectivity index (χ2n) is 10.7. The average molecular weight is 590 g/mol. The van der Waals surface area contributed by atoms with Crippen molar-refractivity contribution in [2.45, 2.75) is 46.3 Å². The molecule has 5 heterocycles. The molecule has 1 aliphatic rings. The standard InChI is InChI=1S/C29H32ClN9OS/c1-19-4-3-9-37(14-19)17-24-10-27(41-36-24)35-28-29-32-13-25(39(29)15-20(2)34-28)22-12-33-38(16-22)18-26(40)31-11-21-5-7-23(30)8-6-21/h5-8,10,12-13,15-16,19H,3-4,9,11,14,17-18H2,1-2H3,(H,31,40)(H,34,35). The maximum Gasteiger partial charge on any atom is 0.241 e. The maximum atomic E-state index is 12.5. The molecule has 0 radical (unpaired) electrons. The SMILES string of the molecule is Cc1cn2c(-c3cnn(CC(=O)NCc4ccc(Cl)cc4)c3)cnc2c(Nc2cc(CN3CCCC(C)C3)ns2)n1. The molecule has 0 bridgehead atoms. The lowest BCUT2D eigenvalue weighted by Crippen LogP contribution is -2.33. The van der Waals surface area contributed by atoms with Gasteiger partial charge in [-0.15, -0.1) is 0 Å². The number of halogens is 1. The average Bonchev–Trinajstić information content (AvgIpc) is 3.69. The minimum Gasteiger partial charge on any atom is -0.350 e. The minimum atomic E-state index is -0.127. The number of nitrogens with one attached hydrogen (secondary N) is 2. The summed E-state index contributed by atoms with van der Waals surface area (Å²) in [5, 5.41) is 12.4. The molecule has 212 valence electrons. The number of aryl methyl sites for hydroxylation is 1. The van der Waals surface area contributed by atoms with E-state index in [0.717, 1.165) is 58.8 Å². The molecule has 1 aromatic carbocycles. The van der Waals surface area contributed by atoms with Crippen LogP contribution in [0.25, 0.3) is 16.9 Å². The summed E-state index contributed by atoms with van der Waals surface area (Å²) in [7, 11) is 0. The predicted molar refractivity (Wildman–Crippen MR) is 161 cm³/mol. The molecule has 4 aromatic heterocycles. The number of benzene rings is 1. The van der Waals surface area contributed by atoms with Crippen molar-refractivity contribution in [2.75, 3.05) is 18.4 Å². The van der Waals surface area contributed by atoms with Crippen LogP contribution in [-0.2, 0) is 24.4 Å². The van der Waals surface area contributed by atoms with Crippen molar-refractivity contribution < 1.29 is 4.79 Å². The molecule has 41 heavy (non-hydrogen) atoms. The fourth-order valence-corrected chi connectivity index (χ4v) is 6.00. The number of nitrogens with zero attached hydrogens (tertiary/aromatic N) is 7. The third-order valence-corrected chi connectivity index (χ3v) is 8.17. The first-order valence-corrected chi connectivity index (χ1v) is 14.9. The number of carbonyl (C=O) groups excluding carboxylic acids is 1. The largest absolute Gasteiger partial charge is 0.350 e. The Kier molecular flexibility index (Phi) is 8.00. The van der Waals surface area contributed by atoms with Crippen LogP contribution in [0.3, 0.4) is 0 Å². The van der Waals surface area contributed by atoms with Crippen LogP contribution in [-0.4, -0.2) is 52.4 Å². The van der Waals surface area contributed by atoms with E-state index >= 15 is 0 Å². The predicted octanol–water partition coefficient (Wildman–Crippen LogP) is 5.30. The van der Waals surface area contributed by atoms with Gasteiger partial charge in [0.15, 0.2) is 11.5 Å². The first-order chi connectivity index (χ1) is 19.9. The topological polar surface area (TPSA) is 105 Å². The number of imidazole rings is 1. The minimum absolute atomic E-state index is 0.113. The van der Waals surface area contributed by atoms with Crippen LogP contribution >= 0.6 is 23.1 Å². The molecule has 0 saturated carbocycles. The Balaban J connectivity index is 1.13. The zero-order chi connectivity index (χ0) is 28.3. The highest BCUT2D eigenvalue weighted by atomic mass is 35.5. The van der Waals surface area contributed by atoms with E-state index in [4.69, 9.17) is 16.6 Å². The van der Waals surface area contributed by atoms with Gasteiger partial charge in [-0.05, 0) is 67.5 Å². The van der Waals surface area contributed by atoms with Crippen molar-refractivity contribution in [3.8, 4) is 11.3 Å². The van der Waals surface area contributed by atoms with E-state index in [0.29, 0.717) is 23.0 Å². The zero-order valence-electron chi connectivity index (χ0n) is 23.0. The summed E-state index contributed by atoms with van der Waals surface area (Å²) >= 11 is 7.38. The number of likely N-dealkylation sites (tertiary alicyclic amines) is 1. The summed E-state index contributed by atoms with van der Waals surface area (Å²) < 4.78 is 8.31. The number of aromatic nitrogens is 6. The number of carbonyl (C=O) groups is 1. The first kappa shape index (κ1) is 27.4. The Bertz CT molecular complexity index is 1660. The van der Waals surface area contributed by atoms with E-state index in [9.17, 15) is 4.79 Å². The van der Waals surface area contributed by atoms with E-state index < -0.39 is 0 Å². The van der Waals surface area contributed by atoms with Gasteiger partial charge in [0.1, 0.15) is 11.5 Å². The third kappa shape index (κ3) is 6.58. The normalized spacial score (nSPS) is 15.8. The monoisotopic (exact) mass is 589 g/mol. The van der Waals surface area contributed by atoms with Crippen LogP contribution in [0.1, 0.15) is 36.7 Å². The quantitative estimate of drug-likeness (QED) is 0.240. The summed E-state index contributed by atoms with van der Waals surface area (Å²) in [6, 6.07) is 9.51. The number of amides is 1. The molecule has 0 spiro atoms. The summed E-state index contributed by atoms with van der Waals surface area (Å²) in [5.41, 5.74) is 5.33. The third-order valence-electron chi connectivity index (χ3n) is 7.18. The Morgan fingerprint density at radius 1 is 1.20 bits per heavy atom. The molecule has 1 aliphatic heterocycles. The molecule has 1 atom stereocenters. The van der Waals surface area contributed by atoms with Crippen LogP contribution in [0, 0.1) is 12.8 Å². The number of hydrogen-bond donors (Lipinski definition) is 2. The van der Waals surface area contributed by atoms with Gasteiger partial charge in [0.2, 0.25) is 5.91 Å². The molecular formula is C29H32ClN9OS. The van der Waals surface area contributed by atoms with E-state index in [-0.39, 0.29) is 12.5 Å². The van der Waals surface area contributed by atoms with Gasteiger partial charge >= 0.3 is 0 Å². The Labute approximate surface area is 247 Å². The van der Waals surface area contributed by atoms with Crippen molar-refractivity contribution >= 4 is 45.5 Å². The van der Waals surface area contributed by atoms with Crippen LogP contribution in [0.2, 0.25) is 5.02 Å². The number of fused-ring (bicyclic) bond motifs is 1. The number of anilines is 2. The Morgan fingerprint density at radius 3 is 2.88 bits per heavy atom. The molecule has 0 aliphatic carbocycles. The second-order valence-corrected chi connectivity index (χ2v) is 11.9. The van der Waals surface area contributed by atoms with Gasteiger partial charge in [-0.1, -0.05) is 30.7 Å². The Hall–Kier alpha value is -3.80. The van der Waals surface area contributed by atoms with E-state index in [1.54, 1.807) is 17.1 Å². The molecule has 1 fully saturated rings. The molecule has 1 amide bonds.